The van der Waals surface area contributed by atoms with Gasteiger partial charge in [-0.3, -0.25) is 4.79 Å². The fraction of sp³-hybridized carbons (Fsp3) is 0.267. The third-order valence-electron chi connectivity index (χ3n) is 3.10. The normalized spacial score (nSPS) is 11.5. The predicted octanol–water partition coefficient (Wildman–Crippen LogP) is 1.92. The van der Waals surface area contributed by atoms with Gasteiger partial charge in [0.2, 0.25) is 10.0 Å². The second-order valence-corrected chi connectivity index (χ2v) is 7.04. The van der Waals surface area contributed by atoms with Crippen molar-refractivity contribution in [3.05, 3.63) is 42.2 Å². The topological polar surface area (TPSA) is 91.5 Å². The summed E-state index contributed by atoms with van der Waals surface area (Å²) in [6, 6.07) is 7.85. The van der Waals surface area contributed by atoms with Crippen molar-refractivity contribution in [2.45, 2.75) is 11.8 Å². The van der Waals surface area contributed by atoms with E-state index in [0.29, 0.717) is 18.0 Å². The number of carbonyl (C=O) groups excluding carboxylic acids is 1. The number of H-pyrrole nitrogens is 1. The zero-order valence-corrected chi connectivity index (χ0v) is 14.0. The molecule has 2 N–H and O–H groups in total. The van der Waals surface area contributed by atoms with Crippen molar-refractivity contribution in [3.63, 3.8) is 0 Å². The van der Waals surface area contributed by atoms with Gasteiger partial charge in [0, 0.05) is 26.0 Å². The molecule has 0 aliphatic rings. The van der Waals surface area contributed by atoms with Crippen LogP contribution in [0.3, 0.4) is 0 Å². The molecule has 0 unspecified atom stereocenters. The maximum absolute atomic E-state index is 12.4. The molecule has 8 heteroatoms. The number of benzene rings is 1. The molecule has 124 valence electrons. The molecule has 2 aromatic rings. The van der Waals surface area contributed by atoms with Crippen LogP contribution in [0.25, 0.3) is 0 Å². The molecular weight excluding hydrogens is 318 g/mol. The zero-order chi connectivity index (χ0) is 17.0. The molecule has 1 amide bonds. The van der Waals surface area contributed by atoms with Gasteiger partial charge in [-0.25, -0.2) is 12.7 Å². The van der Waals surface area contributed by atoms with Crippen LogP contribution >= 0.6 is 0 Å². The molecule has 1 heterocycles. The van der Waals surface area contributed by atoms with E-state index in [0.717, 1.165) is 4.31 Å². The summed E-state index contributed by atoms with van der Waals surface area (Å²) < 4.78 is 31.3. The van der Waals surface area contributed by atoms with Crippen molar-refractivity contribution < 1.29 is 17.9 Å². The molecule has 0 fully saturated rings. The van der Waals surface area contributed by atoms with E-state index in [1.807, 2.05) is 0 Å². The lowest BCUT2D eigenvalue weighted by atomic mass is 10.3. The minimum absolute atomic E-state index is 0.00800. The Kier molecular flexibility index (Phi) is 5.07. The Morgan fingerprint density at radius 3 is 2.61 bits per heavy atom. The molecule has 2 rings (SSSR count). The van der Waals surface area contributed by atoms with Crippen molar-refractivity contribution in [2.24, 2.45) is 0 Å². The Bertz CT molecular complexity index is 783. The fourth-order valence-corrected chi connectivity index (χ4v) is 2.98. The Balaban J connectivity index is 2.38. The third-order valence-corrected chi connectivity index (χ3v) is 4.94. The van der Waals surface area contributed by atoms with Gasteiger partial charge in [-0.2, -0.15) is 0 Å². The first-order valence-electron chi connectivity index (χ1n) is 7.00. The minimum Gasteiger partial charge on any atom is -0.492 e. The highest BCUT2D eigenvalue weighted by molar-refractivity contribution is 7.89. The average molecular weight is 337 g/mol. The first kappa shape index (κ1) is 17.0. The van der Waals surface area contributed by atoms with Crippen molar-refractivity contribution >= 4 is 21.6 Å². The van der Waals surface area contributed by atoms with Crippen molar-refractivity contribution in [3.8, 4) is 5.75 Å². The molecule has 0 spiro atoms. The maximum atomic E-state index is 12.4. The third kappa shape index (κ3) is 3.72. The number of aromatic nitrogens is 1. The van der Waals surface area contributed by atoms with Crippen LogP contribution in [0.1, 0.15) is 17.4 Å². The first-order chi connectivity index (χ1) is 10.9. The summed E-state index contributed by atoms with van der Waals surface area (Å²) in [5.41, 5.74) is 0.754. The largest absolute Gasteiger partial charge is 0.492 e. The van der Waals surface area contributed by atoms with Crippen molar-refractivity contribution in [1.29, 1.82) is 0 Å². The number of anilines is 1. The Morgan fingerprint density at radius 1 is 1.30 bits per heavy atom. The molecule has 0 atom stereocenters. The van der Waals surface area contributed by atoms with E-state index in [1.54, 1.807) is 31.3 Å². The van der Waals surface area contributed by atoms with E-state index in [4.69, 9.17) is 4.74 Å². The number of sulfonamides is 1. The zero-order valence-electron chi connectivity index (χ0n) is 13.2. The quantitative estimate of drug-likeness (QED) is 0.842. The van der Waals surface area contributed by atoms with Crippen molar-refractivity contribution in [2.75, 3.05) is 26.0 Å². The molecule has 0 saturated heterocycles. The number of nitrogens with zero attached hydrogens (tertiary/aromatic N) is 1. The molecule has 1 aromatic carbocycles. The van der Waals surface area contributed by atoms with E-state index in [9.17, 15) is 13.2 Å². The number of aromatic amines is 1. The lowest BCUT2D eigenvalue weighted by Crippen LogP contribution is -2.23. The highest BCUT2D eigenvalue weighted by Crippen LogP contribution is 2.29. The second-order valence-electron chi connectivity index (χ2n) is 4.92. The van der Waals surface area contributed by atoms with Gasteiger partial charge in [0.05, 0.1) is 6.61 Å². The molecule has 0 aliphatic carbocycles. The van der Waals surface area contributed by atoms with Gasteiger partial charge < -0.3 is 15.0 Å². The van der Waals surface area contributed by atoms with E-state index in [1.165, 1.54) is 26.2 Å². The lowest BCUT2D eigenvalue weighted by Gasteiger charge is -2.16. The molecule has 0 saturated carbocycles. The molecule has 0 bridgehead atoms. The summed E-state index contributed by atoms with van der Waals surface area (Å²) in [4.78, 5) is 14.8. The minimum atomic E-state index is -3.69. The SMILES string of the molecule is CCOc1ccc(NC(=O)c2ccc[nH]2)cc1S(=O)(=O)N(C)C. The van der Waals surface area contributed by atoms with Gasteiger partial charge in [0.15, 0.2) is 0 Å². The van der Waals surface area contributed by atoms with E-state index >= 15 is 0 Å². The smallest absolute Gasteiger partial charge is 0.272 e. The van der Waals surface area contributed by atoms with Gasteiger partial charge in [0.1, 0.15) is 16.3 Å². The van der Waals surface area contributed by atoms with E-state index < -0.39 is 10.0 Å². The van der Waals surface area contributed by atoms with E-state index in [2.05, 4.69) is 10.3 Å². The number of nitrogens with one attached hydrogen (secondary N) is 2. The fourth-order valence-electron chi connectivity index (χ4n) is 1.93. The molecule has 23 heavy (non-hydrogen) atoms. The summed E-state index contributed by atoms with van der Waals surface area (Å²) in [6.45, 7) is 2.11. The summed E-state index contributed by atoms with van der Waals surface area (Å²) in [7, 11) is -0.813. The predicted molar refractivity (Wildman–Crippen MR) is 87.2 cm³/mol. The van der Waals surface area contributed by atoms with Crippen molar-refractivity contribution in [1.82, 2.24) is 9.29 Å². The molecule has 0 radical (unpaired) electrons. The highest BCUT2D eigenvalue weighted by Gasteiger charge is 2.23. The maximum Gasteiger partial charge on any atom is 0.272 e. The van der Waals surface area contributed by atoms with Gasteiger partial charge >= 0.3 is 0 Å². The average Bonchev–Trinajstić information content (AvgIpc) is 3.03. The molecule has 0 aliphatic heterocycles. The monoisotopic (exact) mass is 337 g/mol. The lowest BCUT2D eigenvalue weighted by molar-refractivity contribution is 0.102. The number of rotatable bonds is 6. The van der Waals surface area contributed by atoms with Gasteiger partial charge in [0.25, 0.3) is 5.91 Å². The Labute approximate surface area is 135 Å². The highest BCUT2D eigenvalue weighted by atomic mass is 32.2. The number of hydrogen-bond acceptors (Lipinski definition) is 4. The molecule has 1 aromatic heterocycles. The van der Waals surface area contributed by atoms with Crippen LogP contribution in [0, 0.1) is 0 Å². The summed E-state index contributed by atoms with van der Waals surface area (Å²) in [5, 5.41) is 2.66. The molecular formula is C15H19N3O4S. The number of carbonyl (C=O) groups is 1. The van der Waals surface area contributed by atoms with Crippen LogP contribution in [0.2, 0.25) is 0 Å². The van der Waals surface area contributed by atoms with Gasteiger partial charge in [-0.05, 0) is 37.3 Å². The number of amides is 1. The van der Waals surface area contributed by atoms with Crippen LogP contribution in [-0.4, -0.2) is 44.3 Å². The van der Waals surface area contributed by atoms with Gasteiger partial charge in [-0.1, -0.05) is 0 Å². The summed E-state index contributed by atoms with van der Waals surface area (Å²) in [5.74, 6) is -0.105. The van der Waals surface area contributed by atoms with Gasteiger partial charge in [-0.15, -0.1) is 0 Å². The number of hydrogen-bond donors (Lipinski definition) is 2. The van der Waals surface area contributed by atoms with Crippen LogP contribution < -0.4 is 10.1 Å². The summed E-state index contributed by atoms with van der Waals surface area (Å²) >= 11 is 0. The van der Waals surface area contributed by atoms with Crippen LogP contribution in [0.4, 0.5) is 5.69 Å². The standard InChI is InChI=1S/C15H19N3O4S/c1-4-22-13-8-7-11(10-14(13)23(20,21)18(2)3)17-15(19)12-6-5-9-16-12/h5-10,16H,4H2,1-3H3,(H,17,19). The first-order valence-corrected chi connectivity index (χ1v) is 8.44. The Morgan fingerprint density at radius 2 is 2.04 bits per heavy atom. The van der Waals surface area contributed by atoms with Crippen LogP contribution in [0.5, 0.6) is 5.75 Å². The van der Waals surface area contributed by atoms with E-state index in [-0.39, 0.29) is 16.6 Å². The summed E-state index contributed by atoms with van der Waals surface area (Å²) in [6.07, 6.45) is 1.63. The Hall–Kier alpha value is -2.32. The van der Waals surface area contributed by atoms with Crippen LogP contribution in [0.15, 0.2) is 41.4 Å². The number of ether oxygens (including phenoxy) is 1. The van der Waals surface area contributed by atoms with Crippen LogP contribution in [-0.2, 0) is 10.0 Å². The molecule has 7 nitrogen and oxygen atoms in total. The second kappa shape index (κ2) is 6.84.